The van der Waals surface area contributed by atoms with Gasteiger partial charge in [-0.2, -0.15) is 0 Å². The molecule has 2 rings (SSSR count). The van der Waals surface area contributed by atoms with E-state index in [1.54, 1.807) is 6.07 Å². The smallest absolute Gasteiger partial charge is 0.138 e. The van der Waals surface area contributed by atoms with Crippen LogP contribution in [0.4, 0.5) is 4.39 Å². The first-order valence-electron chi connectivity index (χ1n) is 4.58. The lowest BCUT2D eigenvalue weighted by molar-refractivity contribution is 0.223. The monoisotopic (exact) mass is 215 g/mol. The number of rotatable bonds is 2. The first-order valence-corrected chi connectivity index (χ1v) is 4.96. The highest BCUT2D eigenvalue weighted by Crippen LogP contribution is 2.26. The maximum absolute atomic E-state index is 12.7. The second-order valence-electron chi connectivity index (χ2n) is 3.31. The molecule has 1 fully saturated rings. The van der Waals surface area contributed by atoms with E-state index in [0.29, 0.717) is 10.8 Å². The Bertz CT molecular complexity index is 326. The molecule has 0 aromatic heterocycles. The van der Waals surface area contributed by atoms with Gasteiger partial charge in [-0.3, -0.25) is 0 Å². The second kappa shape index (κ2) is 4.15. The number of nitrogens with one attached hydrogen (secondary N) is 1. The molecule has 0 saturated carbocycles. The van der Waals surface area contributed by atoms with Gasteiger partial charge in [-0.15, -0.1) is 0 Å². The van der Waals surface area contributed by atoms with Crippen LogP contribution in [0.2, 0.25) is 5.02 Å². The average Bonchev–Trinajstić information content (AvgIpc) is 2.62. The Labute approximate surface area is 87.0 Å². The van der Waals surface area contributed by atoms with Crippen molar-refractivity contribution in [2.45, 2.75) is 12.5 Å². The standard InChI is InChI=1S/C10H11ClFNO/c11-9-5-7(12)1-2-10(9)14-8-3-4-13-6-8/h1-2,5,8,13H,3-4,6H2. The molecular weight excluding hydrogens is 205 g/mol. The maximum atomic E-state index is 12.7. The number of hydrogen-bond acceptors (Lipinski definition) is 2. The number of hydrogen-bond donors (Lipinski definition) is 1. The number of halogens is 2. The fourth-order valence-electron chi connectivity index (χ4n) is 1.48. The first kappa shape index (κ1) is 9.74. The van der Waals surface area contributed by atoms with Crippen LogP contribution >= 0.6 is 11.6 Å². The van der Waals surface area contributed by atoms with E-state index in [1.807, 2.05) is 0 Å². The molecule has 4 heteroatoms. The van der Waals surface area contributed by atoms with Gasteiger partial charge in [-0.1, -0.05) is 11.6 Å². The Morgan fingerprint density at radius 1 is 1.50 bits per heavy atom. The predicted molar refractivity (Wildman–Crippen MR) is 53.3 cm³/mol. The summed E-state index contributed by atoms with van der Waals surface area (Å²) in [5, 5.41) is 3.51. The van der Waals surface area contributed by atoms with Crippen molar-refractivity contribution in [3.05, 3.63) is 29.0 Å². The van der Waals surface area contributed by atoms with Crippen LogP contribution in [-0.4, -0.2) is 19.2 Å². The first-order chi connectivity index (χ1) is 6.75. The van der Waals surface area contributed by atoms with Gasteiger partial charge in [0.25, 0.3) is 0 Å². The summed E-state index contributed by atoms with van der Waals surface area (Å²) in [6, 6.07) is 4.18. The molecule has 1 saturated heterocycles. The van der Waals surface area contributed by atoms with Crippen molar-refractivity contribution >= 4 is 11.6 Å². The molecule has 1 aliphatic heterocycles. The van der Waals surface area contributed by atoms with Gasteiger partial charge in [-0.25, -0.2) is 4.39 Å². The van der Waals surface area contributed by atoms with Gasteiger partial charge in [0.1, 0.15) is 17.7 Å². The van der Waals surface area contributed by atoms with Gasteiger partial charge in [0.2, 0.25) is 0 Å². The summed E-state index contributed by atoms with van der Waals surface area (Å²) in [7, 11) is 0. The molecule has 0 spiro atoms. The normalized spacial score (nSPS) is 21.1. The lowest BCUT2D eigenvalue weighted by Gasteiger charge is -2.13. The van der Waals surface area contributed by atoms with Crippen LogP contribution in [0.1, 0.15) is 6.42 Å². The molecule has 0 bridgehead atoms. The molecule has 1 aliphatic rings. The lowest BCUT2D eigenvalue weighted by Crippen LogP contribution is -2.19. The molecule has 0 amide bonds. The summed E-state index contributed by atoms with van der Waals surface area (Å²) in [5.74, 6) is 0.216. The molecule has 1 unspecified atom stereocenters. The minimum atomic E-state index is -0.341. The van der Waals surface area contributed by atoms with Crippen LogP contribution in [0, 0.1) is 5.82 Å². The van der Waals surface area contributed by atoms with Crippen molar-refractivity contribution in [1.29, 1.82) is 0 Å². The molecule has 0 radical (unpaired) electrons. The van der Waals surface area contributed by atoms with E-state index in [2.05, 4.69) is 5.32 Å². The highest BCUT2D eigenvalue weighted by atomic mass is 35.5. The zero-order valence-electron chi connectivity index (χ0n) is 7.59. The molecule has 76 valence electrons. The van der Waals surface area contributed by atoms with Crippen LogP contribution in [0.15, 0.2) is 18.2 Å². The zero-order valence-corrected chi connectivity index (χ0v) is 8.35. The highest BCUT2D eigenvalue weighted by molar-refractivity contribution is 6.32. The fraction of sp³-hybridized carbons (Fsp3) is 0.400. The summed E-state index contributed by atoms with van der Waals surface area (Å²) in [4.78, 5) is 0. The molecule has 1 aromatic carbocycles. The molecule has 14 heavy (non-hydrogen) atoms. The molecule has 1 atom stereocenters. The van der Waals surface area contributed by atoms with Gasteiger partial charge in [0, 0.05) is 6.54 Å². The van der Waals surface area contributed by atoms with E-state index in [9.17, 15) is 4.39 Å². The predicted octanol–water partition coefficient (Wildman–Crippen LogP) is 2.22. The van der Waals surface area contributed by atoms with Crippen molar-refractivity contribution < 1.29 is 9.13 Å². The fourth-order valence-corrected chi connectivity index (χ4v) is 1.69. The third-order valence-electron chi connectivity index (χ3n) is 2.20. The van der Waals surface area contributed by atoms with E-state index < -0.39 is 0 Å². The van der Waals surface area contributed by atoms with Crippen molar-refractivity contribution in [1.82, 2.24) is 5.32 Å². The Balaban J connectivity index is 2.08. The third kappa shape index (κ3) is 2.16. The minimum Gasteiger partial charge on any atom is -0.487 e. The molecule has 1 heterocycles. The Morgan fingerprint density at radius 2 is 2.36 bits per heavy atom. The van der Waals surface area contributed by atoms with E-state index in [4.69, 9.17) is 16.3 Å². The second-order valence-corrected chi connectivity index (χ2v) is 3.71. The van der Waals surface area contributed by atoms with Crippen molar-refractivity contribution in [2.24, 2.45) is 0 Å². The summed E-state index contributed by atoms with van der Waals surface area (Å²) in [5.41, 5.74) is 0. The summed E-state index contributed by atoms with van der Waals surface area (Å²) >= 11 is 5.82. The van der Waals surface area contributed by atoms with Crippen molar-refractivity contribution in [3.8, 4) is 5.75 Å². The Hall–Kier alpha value is -0.800. The summed E-state index contributed by atoms with van der Waals surface area (Å²) < 4.78 is 18.3. The minimum absolute atomic E-state index is 0.151. The topological polar surface area (TPSA) is 21.3 Å². The van der Waals surface area contributed by atoms with E-state index in [-0.39, 0.29) is 11.9 Å². The Kier molecular flexibility index (Phi) is 2.89. The number of ether oxygens (including phenoxy) is 1. The highest BCUT2D eigenvalue weighted by Gasteiger charge is 2.17. The van der Waals surface area contributed by atoms with E-state index in [0.717, 1.165) is 19.5 Å². The van der Waals surface area contributed by atoms with Crippen molar-refractivity contribution in [3.63, 3.8) is 0 Å². The van der Waals surface area contributed by atoms with Crippen LogP contribution < -0.4 is 10.1 Å². The molecule has 1 aromatic rings. The largest absolute Gasteiger partial charge is 0.487 e. The molecular formula is C10H11ClFNO. The average molecular weight is 216 g/mol. The van der Waals surface area contributed by atoms with Gasteiger partial charge < -0.3 is 10.1 Å². The summed E-state index contributed by atoms with van der Waals surface area (Å²) in [6.07, 6.45) is 1.12. The maximum Gasteiger partial charge on any atom is 0.138 e. The zero-order chi connectivity index (χ0) is 9.97. The van der Waals surface area contributed by atoms with Gasteiger partial charge in [0.05, 0.1) is 5.02 Å². The lowest BCUT2D eigenvalue weighted by atomic mass is 10.3. The van der Waals surface area contributed by atoms with Crippen LogP contribution in [-0.2, 0) is 0 Å². The van der Waals surface area contributed by atoms with Gasteiger partial charge >= 0.3 is 0 Å². The molecule has 0 aliphatic carbocycles. The van der Waals surface area contributed by atoms with Gasteiger partial charge in [-0.05, 0) is 31.2 Å². The number of benzene rings is 1. The SMILES string of the molecule is Fc1ccc(OC2CCNC2)c(Cl)c1. The molecule has 2 nitrogen and oxygen atoms in total. The third-order valence-corrected chi connectivity index (χ3v) is 2.50. The van der Waals surface area contributed by atoms with E-state index >= 15 is 0 Å². The summed E-state index contributed by atoms with van der Waals surface area (Å²) in [6.45, 7) is 1.79. The quantitative estimate of drug-likeness (QED) is 0.817. The van der Waals surface area contributed by atoms with Gasteiger partial charge in [0.15, 0.2) is 0 Å². The Morgan fingerprint density at radius 3 is 3.00 bits per heavy atom. The van der Waals surface area contributed by atoms with Crippen molar-refractivity contribution in [2.75, 3.05) is 13.1 Å². The molecule has 1 N–H and O–H groups in total. The van der Waals surface area contributed by atoms with E-state index in [1.165, 1.54) is 12.1 Å². The van der Waals surface area contributed by atoms with Crippen LogP contribution in [0.3, 0.4) is 0 Å². The van der Waals surface area contributed by atoms with Crippen LogP contribution in [0.5, 0.6) is 5.75 Å². The van der Waals surface area contributed by atoms with Crippen LogP contribution in [0.25, 0.3) is 0 Å².